The first-order valence-electron chi connectivity index (χ1n) is 6.42. The molecule has 0 spiro atoms. The summed E-state index contributed by atoms with van der Waals surface area (Å²) in [6.07, 6.45) is 0. The van der Waals surface area contributed by atoms with Crippen molar-refractivity contribution in [2.45, 2.75) is 26.8 Å². The molecule has 1 aliphatic rings. The first-order valence-corrected chi connectivity index (χ1v) is 7.21. The molecule has 0 bridgehead atoms. The van der Waals surface area contributed by atoms with E-state index in [1.165, 1.54) is 6.07 Å². The van der Waals surface area contributed by atoms with E-state index in [9.17, 15) is 8.78 Å². The number of hydrogen-bond acceptors (Lipinski definition) is 2. The summed E-state index contributed by atoms with van der Waals surface area (Å²) in [5.74, 6) is -1.07. The normalized spacial score (nSPS) is 20.7. The Morgan fingerprint density at radius 2 is 1.95 bits per heavy atom. The molecule has 19 heavy (non-hydrogen) atoms. The van der Waals surface area contributed by atoms with E-state index in [2.05, 4.69) is 42.0 Å². The number of nitrogens with zero attached hydrogens (tertiary/aromatic N) is 1. The minimum atomic E-state index is -0.566. The highest BCUT2D eigenvalue weighted by Crippen LogP contribution is 2.29. The molecule has 0 saturated carbocycles. The molecule has 0 radical (unpaired) electrons. The first-order chi connectivity index (χ1) is 8.79. The highest BCUT2D eigenvalue weighted by Gasteiger charge is 2.30. The van der Waals surface area contributed by atoms with Gasteiger partial charge in [-0.1, -0.05) is 20.8 Å². The summed E-state index contributed by atoms with van der Waals surface area (Å²) in [4.78, 5) is 1.98. The zero-order chi connectivity index (χ0) is 14.2. The highest BCUT2D eigenvalue weighted by atomic mass is 79.9. The van der Waals surface area contributed by atoms with Crippen LogP contribution >= 0.6 is 15.9 Å². The number of nitrogens with one attached hydrogen (secondary N) is 1. The Morgan fingerprint density at radius 3 is 2.58 bits per heavy atom. The van der Waals surface area contributed by atoms with Crippen LogP contribution in [0.4, 0.5) is 14.5 Å². The fraction of sp³-hybridized carbons (Fsp3) is 0.571. The number of benzene rings is 1. The van der Waals surface area contributed by atoms with E-state index in [0.717, 1.165) is 25.7 Å². The van der Waals surface area contributed by atoms with Crippen molar-refractivity contribution < 1.29 is 8.78 Å². The second-order valence-electron chi connectivity index (χ2n) is 6.04. The summed E-state index contributed by atoms with van der Waals surface area (Å²) in [6.45, 7) is 8.72. The Labute approximate surface area is 121 Å². The second kappa shape index (κ2) is 5.37. The molecular weight excluding hydrogens is 314 g/mol. The molecule has 1 unspecified atom stereocenters. The molecule has 0 aromatic heterocycles. The van der Waals surface area contributed by atoms with Crippen LogP contribution in [0.25, 0.3) is 0 Å². The summed E-state index contributed by atoms with van der Waals surface area (Å²) in [5.41, 5.74) is 0.566. The average molecular weight is 333 g/mol. The average Bonchev–Trinajstić information content (AvgIpc) is 2.33. The van der Waals surface area contributed by atoms with Crippen LogP contribution in [-0.2, 0) is 0 Å². The number of anilines is 1. The molecule has 0 aliphatic carbocycles. The lowest BCUT2D eigenvalue weighted by molar-refractivity contribution is 0.253. The van der Waals surface area contributed by atoms with Crippen LogP contribution in [0.2, 0.25) is 0 Å². The van der Waals surface area contributed by atoms with E-state index < -0.39 is 11.6 Å². The van der Waals surface area contributed by atoms with Crippen molar-refractivity contribution in [1.29, 1.82) is 0 Å². The van der Waals surface area contributed by atoms with Crippen molar-refractivity contribution in [3.63, 3.8) is 0 Å². The monoisotopic (exact) mass is 332 g/mol. The topological polar surface area (TPSA) is 15.3 Å². The Morgan fingerprint density at radius 1 is 1.26 bits per heavy atom. The minimum absolute atomic E-state index is 0.104. The Kier molecular flexibility index (Phi) is 4.16. The number of hydrogen-bond donors (Lipinski definition) is 1. The van der Waals surface area contributed by atoms with E-state index >= 15 is 0 Å². The van der Waals surface area contributed by atoms with Gasteiger partial charge in [0.2, 0.25) is 0 Å². The summed E-state index contributed by atoms with van der Waals surface area (Å²) >= 11 is 3.12. The van der Waals surface area contributed by atoms with Gasteiger partial charge in [0.25, 0.3) is 0 Å². The number of rotatable bonds is 1. The third kappa shape index (κ3) is 3.26. The van der Waals surface area contributed by atoms with Gasteiger partial charge >= 0.3 is 0 Å². The lowest BCUT2D eigenvalue weighted by Crippen LogP contribution is -2.56. The van der Waals surface area contributed by atoms with E-state index in [4.69, 9.17) is 0 Å². The van der Waals surface area contributed by atoms with Crippen molar-refractivity contribution in [2.75, 3.05) is 24.5 Å². The summed E-state index contributed by atoms with van der Waals surface area (Å²) in [5, 5.41) is 3.45. The first kappa shape index (κ1) is 14.7. The van der Waals surface area contributed by atoms with Gasteiger partial charge in [-0.3, -0.25) is 0 Å². The third-order valence-corrected chi connectivity index (χ3v) is 4.16. The smallest absolute Gasteiger partial charge is 0.149 e. The lowest BCUT2D eigenvalue weighted by atomic mass is 9.85. The van der Waals surface area contributed by atoms with Gasteiger partial charge in [0.1, 0.15) is 11.6 Å². The summed E-state index contributed by atoms with van der Waals surface area (Å²) in [6, 6.07) is 2.74. The molecule has 5 heteroatoms. The van der Waals surface area contributed by atoms with Crippen molar-refractivity contribution >= 4 is 21.6 Å². The van der Waals surface area contributed by atoms with Crippen molar-refractivity contribution in [3.8, 4) is 0 Å². The predicted octanol–water partition coefficient (Wildman–Crippen LogP) is 3.55. The molecule has 2 rings (SSSR count). The maximum Gasteiger partial charge on any atom is 0.149 e. The van der Waals surface area contributed by atoms with Crippen LogP contribution in [0.15, 0.2) is 16.6 Å². The SMILES string of the molecule is CC(C)(C)C1CN(c2cc(Br)c(F)cc2F)CCN1. The highest BCUT2D eigenvalue weighted by molar-refractivity contribution is 9.10. The Hall–Kier alpha value is -0.680. The molecule has 1 N–H and O–H groups in total. The Bertz CT molecular complexity index is 471. The van der Waals surface area contributed by atoms with Crippen LogP contribution in [0.3, 0.4) is 0 Å². The zero-order valence-corrected chi connectivity index (χ0v) is 13.0. The fourth-order valence-corrected chi connectivity index (χ4v) is 2.63. The van der Waals surface area contributed by atoms with E-state index in [-0.39, 0.29) is 11.5 Å². The van der Waals surface area contributed by atoms with Gasteiger partial charge in [-0.05, 0) is 27.4 Å². The lowest BCUT2D eigenvalue weighted by Gasteiger charge is -2.41. The maximum absolute atomic E-state index is 13.9. The van der Waals surface area contributed by atoms with Crippen LogP contribution in [0.5, 0.6) is 0 Å². The molecule has 1 saturated heterocycles. The van der Waals surface area contributed by atoms with Gasteiger partial charge in [-0.15, -0.1) is 0 Å². The standard InChI is InChI=1S/C14H19BrF2N2/c1-14(2,3)13-8-19(5-4-18-13)12-6-9(15)10(16)7-11(12)17/h6-7,13,18H,4-5,8H2,1-3H3. The van der Waals surface area contributed by atoms with Crippen molar-refractivity contribution in [3.05, 3.63) is 28.2 Å². The third-order valence-electron chi connectivity index (χ3n) is 3.55. The minimum Gasteiger partial charge on any atom is -0.366 e. The molecular formula is C14H19BrF2N2. The quantitative estimate of drug-likeness (QED) is 0.791. The maximum atomic E-state index is 13.9. The molecule has 1 aromatic rings. The van der Waals surface area contributed by atoms with Gasteiger partial charge in [0.15, 0.2) is 0 Å². The van der Waals surface area contributed by atoms with Crippen LogP contribution < -0.4 is 10.2 Å². The molecule has 1 heterocycles. The molecule has 1 atom stereocenters. The van der Waals surface area contributed by atoms with Crippen LogP contribution in [0.1, 0.15) is 20.8 Å². The van der Waals surface area contributed by atoms with E-state index in [1.54, 1.807) is 0 Å². The molecule has 106 valence electrons. The van der Waals surface area contributed by atoms with Gasteiger partial charge in [-0.25, -0.2) is 8.78 Å². The van der Waals surface area contributed by atoms with Crippen molar-refractivity contribution in [2.24, 2.45) is 5.41 Å². The van der Waals surface area contributed by atoms with Crippen LogP contribution in [-0.4, -0.2) is 25.7 Å². The summed E-state index contributed by atoms with van der Waals surface area (Å²) in [7, 11) is 0. The zero-order valence-electron chi connectivity index (χ0n) is 11.4. The van der Waals surface area contributed by atoms with Gasteiger partial charge in [0, 0.05) is 31.7 Å². The largest absolute Gasteiger partial charge is 0.366 e. The van der Waals surface area contributed by atoms with Gasteiger partial charge in [0.05, 0.1) is 10.2 Å². The van der Waals surface area contributed by atoms with E-state index in [1.807, 2.05) is 4.90 Å². The summed E-state index contributed by atoms with van der Waals surface area (Å²) < 4.78 is 27.5. The molecule has 1 aromatic carbocycles. The Balaban J connectivity index is 2.25. The number of piperazine rings is 1. The molecule has 1 aliphatic heterocycles. The van der Waals surface area contributed by atoms with Gasteiger partial charge < -0.3 is 10.2 Å². The second-order valence-corrected chi connectivity index (χ2v) is 6.89. The van der Waals surface area contributed by atoms with Crippen LogP contribution in [0, 0.1) is 17.0 Å². The molecule has 1 fully saturated rings. The predicted molar refractivity (Wildman–Crippen MR) is 77.5 cm³/mol. The van der Waals surface area contributed by atoms with E-state index in [0.29, 0.717) is 10.2 Å². The van der Waals surface area contributed by atoms with Gasteiger partial charge in [-0.2, -0.15) is 0 Å². The number of halogens is 3. The van der Waals surface area contributed by atoms with Crippen molar-refractivity contribution in [1.82, 2.24) is 5.32 Å². The molecule has 2 nitrogen and oxygen atoms in total. The fourth-order valence-electron chi connectivity index (χ4n) is 2.30. The molecule has 0 amide bonds.